The van der Waals surface area contributed by atoms with Crippen molar-refractivity contribution in [2.24, 2.45) is 0 Å². The van der Waals surface area contributed by atoms with Gasteiger partial charge in [-0.15, -0.1) is 0 Å². The molecule has 0 fully saturated rings. The van der Waals surface area contributed by atoms with Crippen molar-refractivity contribution in [2.75, 3.05) is 13.1 Å². The average molecular weight is 316 g/mol. The van der Waals surface area contributed by atoms with Crippen LogP contribution in [0, 0.1) is 19.7 Å². The van der Waals surface area contributed by atoms with Crippen LogP contribution in [0.4, 0.5) is 4.39 Å². The van der Waals surface area contributed by atoms with Crippen molar-refractivity contribution in [3.63, 3.8) is 0 Å². The first-order valence-corrected chi connectivity index (χ1v) is 7.08. The van der Waals surface area contributed by atoms with Gasteiger partial charge in [0, 0.05) is 24.8 Å². The molecule has 2 rings (SSSR count). The van der Waals surface area contributed by atoms with Crippen molar-refractivity contribution in [1.82, 2.24) is 20.6 Å². The molecule has 23 heavy (non-hydrogen) atoms. The number of halogens is 1. The molecule has 0 saturated heterocycles. The molecule has 1 heterocycles. The van der Waals surface area contributed by atoms with Gasteiger partial charge in [-0.3, -0.25) is 9.59 Å². The first kappa shape index (κ1) is 16.5. The Morgan fingerprint density at radius 1 is 1.13 bits per heavy atom. The van der Waals surface area contributed by atoms with Crippen molar-refractivity contribution in [2.45, 2.75) is 13.8 Å². The molecule has 0 atom stereocenters. The Kier molecular flexibility index (Phi) is 5.35. The number of nitrogens with zero attached hydrogens (tertiary/aromatic N) is 2. The van der Waals surface area contributed by atoms with Crippen LogP contribution in [0.5, 0.6) is 0 Å². The second kappa shape index (κ2) is 7.44. The summed E-state index contributed by atoms with van der Waals surface area (Å²) in [5.41, 5.74) is 1.69. The van der Waals surface area contributed by atoms with E-state index in [4.69, 9.17) is 0 Å². The number of nitrogens with one attached hydrogen (secondary N) is 2. The third-order valence-corrected chi connectivity index (χ3v) is 3.29. The van der Waals surface area contributed by atoms with Crippen LogP contribution in [0.25, 0.3) is 0 Å². The van der Waals surface area contributed by atoms with Gasteiger partial charge in [0.1, 0.15) is 12.1 Å². The maximum atomic E-state index is 13.4. The van der Waals surface area contributed by atoms with Crippen LogP contribution in [-0.4, -0.2) is 34.9 Å². The highest BCUT2D eigenvalue weighted by Gasteiger charge is 2.10. The minimum atomic E-state index is -0.425. The second-order valence-corrected chi connectivity index (χ2v) is 5.00. The third-order valence-electron chi connectivity index (χ3n) is 3.29. The fraction of sp³-hybridized carbons (Fsp3) is 0.250. The Labute approximate surface area is 133 Å². The molecule has 1 aromatic heterocycles. The summed E-state index contributed by atoms with van der Waals surface area (Å²) in [5.74, 6) is -1.12. The standard InChI is InChI=1S/C16H17FN4O2/c1-10-3-4-12(7-14(10)17)15(22)19-5-6-20-16(23)13-8-18-9-21-11(13)2/h3-4,7-9H,5-6H2,1-2H3,(H,19,22)(H,20,23). The SMILES string of the molecule is Cc1ccc(C(=O)NCCNC(=O)c2cncnc2C)cc1F. The molecule has 2 N–H and O–H groups in total. The minimum absolute atomic E-state index is 0.229. The monoisotopic (exact) mass is 316 g/mol. The smallest absolute Gasteiger partial charge is 0.254 e. The van der Waals surface area contributed by atoms with Crippen LogP contribution >= 0.6 is 0 Å². The van der Waals surface area contributed by atoms with Crippen molar-refractivity contribution in [1.29, 1.82) is 0 Å². The number of aryl methyl sites for hydroxylation is 2. The lowest BCUT2D eigenvalue weighted by Gasteiger charge is -2.08. The summed E-state index contributed by atoms with van der Waals surface area (Å²) < 4.78 is 13.4. The number of carbonyl (C=O) groups is 2. The predicted molar refractivity (Wildman–Crippen MR) is 82.6 cm³/mol. The molecule has 2 amide bonds. The molecule has 0 spiro atoms. The van der Waals surface area contributed by atoms with Gasteiger partial charge in [-0.05, 0) is 31.5 Å². The summed E-state index contributed by atoms with van der Waals surface area (Å²) in [6, 6.07) is 4.29. The van der Waals surface area contributed by atoms with Crippen LogP contribution in [0.1, 0.15) is 32.0 Å². The van der Waals surface area contributed by atoms with E-state index in [9.17, 15) is 14.0 Å². The molecular formula is C16H17FN4O2. The minimum Gasteiger partial charge on any atom is -0.350 e. The highest BCUT2D eigenvalue weighted by atomic mass is 19.1. The number of hydrogen-bond acceptors (Lipinski definition) is 4. The molecule has 7 heteroatoms. The van der Waals surface area contributed by atoms with E-state index >= 15 is 0 Å². The number of amides is 2. The van der Waals surface area contributed by atoms with Crippen LogP contribution in [0.2, 0.25) is 0 Å². The van der Waals surface area contributed by atoms with Gasteiger partial charge in [-0.25, -0.2) is 14.4 Å². The second-order valence-electron chi connectivity index (χ2n) is 5.00. The summed E-state index contributed by atoms with van der Waals surface area (Å²) in [5, 5.41) is 5.27. The molecule has 0 unspecified atom stereocenters. The van der Waals surface area contributed by atoms with E-state index in [1.54, 1.807) is 26.0 Å². The molecule has 0 aliphatic heterocycles. The third kappa shape index (κ3) is 4.32. The molecule has 1 aromatic carbocycles. The van der Waals surface area contributed by atoms with Crippen molar-refractivity contribution >= 4 is 11.8 Å². The van der Waals surface area contributed by atoms with Crippen molar-refractivity contribution in [3.8, 4) is 0 Å². The zero-order chi connectivity index (χ0) is 16.8. The zero-order valence-corrected chi connectivity index (χ0v) is 12.9. The van der Waals surface area contributed by atoms with E-state index in [-0.39, 0.29) is 24.6 Å². The number of carbonyl (C=O) groups excluding carboxylic acids is 2. The van der Waals surface area contributed by atoms with Crippen molar-refractivity contribution in [3.05, 3.63) is 58.9 Å². The van der Waals surface area contributed by atoms with Crippen LogP contribution in [0.3, 0.4) is 0 Å². The summed E-state index contributed by atoms with van der Waals surface area (Å²) >= 11 is 0. The van der Waals surface area contributed by atoms with Crippen LogP contribution in [-0.2, 0) is 0 Å². The van der Waals surface area contributed by atoms with Gasteiger partial charge < -0.3 is 10.6 Å². The van der Waals surface area contributed by atoms with Crippen LogP contribution < -0.4 is 10.6 Å². The molecule has 0 aliphatic rings. The van der Waals surface area contributed by atoms with E-state index < -0.39 is 11.7 Å². The first-order valence-electron chi connectivity index (χ1n) is 7.08. The van der Waals surface area contributed by atoms with Gasteiger partial charge in [-0.2, -0.15) is 0 Å². The maximum absolute atomic E-state index is 13.4. The molecule has 0 radical (unpaired) electrons. The van der Waals surface area contributed by atoms with Gasteiger partial charge in [0.15, 0.2) is 0 Å². The molecular weight excluding hydrogens is 299 g/mol. The molecule has 0 aliphatic carbocycles. The number of aromatic nitrogens is 2. The Morgan fingerprint density at radius 3 is 2.48 bits per heavy atom. The number of hydrogen-bond donors (Lipinski definition) is 2. The van der Waals surface area contributed by atoms with Gasteiger partial charge >= 0.3 is 0 Å². The highest BCUT2D eigenvalue weighted by molar-refractivity contribution is 5.95. The summed E-state index contributed by atoms with van der Waals surface area (Å²) in [7, 11) is 0. The van der Waals surface area contributed by atoms with E-state index in [0.717, 1.165) is 0 Å². The lowest BCUT2D eigenvalue weighted by atomic mass is 10.1. The average Bonchev–Trinajstić information content (AvgIpc) is 2.54. The van der Waals surface area contributed by atoms with E-state index in [2.05, 4.69) is 20.6 Å². The fourth-order valence-electron chi connectivity index (χ4n) is 1.90. The Balaban J connectivity index is 1.81. The van der Waals surface area contributed by atoms with E-state index in [0.29, 0.717) is 16.8 Å². The normalized spacial score (nSPS) is 10.2. The summed E-state index contributed by atoms with van der Waals surface area (Å²) in [4.78, 5) is 31.5. The molecule has 0 bridgehead atoms. The number of rotatable bonds is 5. The topological polar surface area (TPSA) is 84.0 Å². The summed E-state index contributed by atoms with van der Waals surface area (Å²) in [6.45, 7) is 3.81. The van der Waals surface area contributed by atoms with Crippen LogP contribution in [0.15, 0.2) is 30.7 Å². The van der Waals surface area contributed by atoms with Gasteiger partial charge in [0.2, 0.25) is 0 Å². The fourth-order valence-corrected chi connectivity index (χ4v) is 1.90. The van der Waals surface area contributed by atoms with Gasteiger partial charge in [-0.1, -0.05) is 6.07 Å². The predicted octanol–water partition coefficient (Wildman–Crippen LogP) is 1.39. The zero-order valence-electron chi connectivity index (χ0n) is 12.9. The lowest BCUT2D eigenvalue weighted by Crippen LogP contribution is -2.35. The number of benzene rings is 1. The highest BCUT2D eigenvalue weighted by Crippen LogP contribution is 2.08. The lowest BCUT2D eigenvalue weighted by molar-refractivity contribution is 0.0926. The summed E-state index contributed by atoms with van der Waals surface area (Å²) in [6.07, 6.45) is 2.80. The van der Waals surface area contributed by atoms with Gasteiger partial charge in [0.05, 0.1) is 11.3 Å². The Morgan fingerprint density at radius 2 is 1.83 bits per heavy atom. The molecule has 6 nitrogen and oxygen atoms in total. The van der Waals surface area contributed by atoms with Crippen molar-refractivity contribution < 1.29 is 14.0 Å². The largest absolute Gasteiger partial charge is 0.350 e. The van der Waals surface area contributed by atoms with Gasteiger partial charge in [0.25, 0.3) is 11.8 Å². The molecule has 120 valence electrons. The Bertz CT molecular complexity index is 734. The molecule has 2 aromatic rings. The quantitative estimate of drug-likeness (QED) is 0.817. The van der Waals surface area contributed by atoms with E-state index in [1.807, 2.05) is 0 Å². The Hall–Kier alpha value is -2.83. The molecule has 0 saturated carbocycles. The first-order chi connectivity index (χ1) is 11.0. The van der Waals surface area contributed by atoms with E-state index in [1.165, 1.54) is 18.6 Å². The maximum Gasteiger partial charge on any atom is 0.254 e.